The third-order valence-electron chi connectivity index (χ3n) is 2.93. The first-order valence-electron chi connectivity index (χ1n) is 6.90. The molecule has 0 radical (unpaired) electrons. The van der Waals surface area contributed by atoms with E-state index in [1.807, 2.05) is 38.1 Å². The quantitative estimate of drug-likeness (QED) is 0.693. The summed E-state index contributed by atoms with van der Waals surface area (Å²) in [6, 6.07) is 11.0. The largest absolute Gasteiger partial charge is 0.475 e. The Kier molecular flexibility index (Phi) is 4.11. The predicted molar refractivity (Wildman–Crippen MR) is 84.2 cm³/mol. The number of hydrogen-bond donors (Lipinski definition) is 0. The molecule has 1 atom stereocenters. The number of ether oxygens (including phenoxy) is 1. The number of benzene rings is 1. The molecule has 0 aliphatic heterocycles. The van der Waals surface area contributed by atoms with Crippen LogP contribution in [0, 0.1) is 0 Å². The Morgan fingerprint density at radius 3 is 2.68 bits per heavy atom. The van der Waals surface area contributed by atoms with Crippen LogP contribution in [0.2, 0.25) is 0 Å². The molecule has 6 heteroatoms. The highest BCUT2D eigenvalue weighted by atomic mass is 32.2. The highest BCUT2D eigenvalue weighted by Crippen LogP contribution is 2.22. The number of para-hydroxylation sites is 1. The molecule has 0 N–H and O–H groups in total. The summed E-state index contributed by atoms with van der Waals surface area (Å²) in [5.74, 6) is 0.418. The normalized spacial score (nSPS) is 12.5. The van der Waals surface area contributed by atoms with Gasteiger partial charge in [-0.2, -0.15) is 4.98 Å². The Labute approximate surface area is 130 Å². The van der Waals surface area contributed by atoms with Crippen molar-refractivity contribution in [1.29, 1.82) is 0 Å². The Balaban J connectivity index is 2.03. The molecule has 0 saturated heterocycles. The van der Waals surface area contributed by atoms with Gasteiger partial charge in [0, 0.05) is 23.8 Å². The SMILES string of the molecule is CC(C)Oc1ccnc(S(=O)c2cccc3cccnc23)n1. The van der Waals surface area contributed by atoms with Crippen LogP contribution < -0.4 is 4.74 Å². The van der Waals surface area contributed by atoms with Crippen molar-refractivity contribution in [2.24, 2.45) is 0 Å². The first-order chi connectivity index (χ1) is 10.6. The molecule has 1 aromatic carbocycles. The van der Waals surface area contributed by atoms with E-state index in [1.54, 1.807) is 24.5 Å². The van der Waals surface area contributed by atoms with Gasteiger partial charge >= 0.3 is 0 Å². The van der Waals surface area contributed by atoms with Crippen LogP contribution in [0.25, 0.3) is 10.9 Å². The van der Waals surface area contributed by atoms with Crippen LogP contribution in [-0.2, 0) is 10.8 Å². The maximum Gasteiger partial charge on any atom is 0.226 e. The molecule has 1 unspecified atom stereocenters. The first-order valence-corrected chi connectivity index (χ1v) is 8.05. The van der Waals surface area contributed by atoms with Crippen molar-refractivity contribution in [3.8, 4) is 5.88 Å². The van der Waals surface area contributed by atoms with Crippen LogP contribution >= 0.6 is 0 Å². The lowest BCUT2D eigenvalue weighted by atomic mass is 10.2. The zero-order valence-electron chi connectivity index (χ0n) is 12.3. The van der Waals surface area contributed by atoms with Gasteiger partial charge in [0.2, 0.25) is 11.0 Å². The number of fused-ring (bicyclic) bond motifs is 1. The monoisotopic (exact) mass is 313 g/mol. The van der Waals surface area contributed by atoms with Crippen molar-refractivity contribution < 1.29 is 8.95 Å². The summed E-state index contributed by atoms with van der Waals surface area (Å²) < 4.78 is 18.3. The molecule has 2 aromatic heterocycles. The molecule has 0 amide bonds. The standard InChI is InChI=1S/C16H15N3O2S/c1-11(2)21-14-8-10-18-16(19-14)22(20)13-7-3-5-12-6-4-9-17-15(12)13/h3-11H,1-2H3. The number of pyridine rings is 1. The summed E-state index contributed by atoms with van der Waals surface area (Å²) in [5, 5.41) is 1.15. The molecule has 0 fully saturated rings. The summed E-state index contributed by atoms with van der Waals surface area (Å²) in [7, 11) is -1.51. The summed E-state index contributed by atoms with van der Waals surface area (Å²) in [6.07, 6.45) is 3.23. The second-order valence-corrected chi connectivity index (χ2v) is 6.29. The maximum absolute atomic E-state index is 12.8. The zero-order chi connectivity index (χ0) is 15.5. The molecule has 0 aliphatic rings. The van der Waals surface area contributed by atoms with Gasteiger partial charge in [-0.1, -0.05) is 18.2 Å². The van der Waals surface area contributed by atoms with E-state index in [9.17, 15) is 4.21 Å². The summed E-state index contributed by atoms with van der Waals surface area (Å²) in [6.45, 7) is 3.82. The molecule has 22 heavy (non-hydrogen) atoms. The Bertz CT molecular complexity index is 831. The number of nitrogens with zero attached hydrogens (tertiary/aromatic N) is 3. The van der Waals surface area contributed by atoms with Gasteiger partial charge in [-0.05, 0) is 26.0 Å². The van der Waals surface area contributed by atoms with Gasteiger partial charge in [0.1, 0.15) is 10.8 Å². The van der Waals surface area contributed by atoms with E-state index in [2.05, 4.69) is 15.0 Å². The maximum atomic E-state index is 12.8. The van der Waals surface area contributed by atoms with Gasteiger partial charge in [0.25, 0.3) is 0 Å². The van der Waals surface area contributed by atoms with E-state index in [-0.39, 0.29) is 11.3 Å². The van der Waals surface area contributed by atoms with Gasteiger partial charge < -0.3 is 4.74 Å². The Hall–Kier alpha value is -2.34. The predicted octanol–water partition coefficient (Wildman–Crippen LogP) is 2.98. The number of rotatable bonds is 4. The minimum absolute atomic E-state index is 0.00425. The fourth-order valence-corrected chi connectivity index (χ4v) is 3.12. The van der Waals surface area contributed by atoms with Crippen molar-refractivity contribution >= 4 is 21.7 Å². The molecular weight excluding hydrogens is 298 g/mol. The van der Waals surface area contributed by atoms with Crippen molar-refractivity contribution in [3.63, 3.8) is 0 Å². The van der Waals surface area contributed by atoms with Crippen molar-refractivity contribution in [2.75, 3.05) is 0 Å². The molecule has 3 aromatic rings. The molecule has 3 rings (SSSR count). The van der Waals surface area contributed by atoms with Crippen molar-refractivity contribution in [3.05, 3.63) is 48.8 Å². The molecule has 0 spiro atoms. The minimum atomic E-state index is -1.51. The summed E-state index contributed by atoms with van der Waals surface area (Å²) >= 11 is 0. The summed E-state index contributed by atoms with van der Waals surface area (Å²) in [5.41, 5.74) is 0.696. The third kappa shape index (κ3) is 2.96. The molecule has 0 aliphatic carbocycles. The molecule has 0 saturated carbocycles. The lowest BCUT2D eigenvalue weighted by Crippen LogP contribution is -2.09. The molecule has 0 bridgehead atoms. The molecular formula is C16H15N3O2S. The van der Waals surface area contributed by atoms with Gasteiger partial charge in [0.05, 0.1) is 16.5 Å². The summed E-state index contributed by atoms with van der Waals surface area (Å²) in [4.78, 5) is 13.3. The molecule has 5 nitrogen and oxygen atoms in total. The van der Waals surface area contributed by atoms with Crippen LogP contribution in [0.15, 0.2) is 58.8 Å². The van der Waals surface area contributed by atoms with E-state index in [0.717, 1.165) is 5.39 Å². The number of hydrogen-bond acceptors (Lipinski definition) is 5. The van der Waals surface area contributed by atoms with E-state index in [4.69, 9.17) is 4.74 Å². The lowest BCUT2D eigenvalue weighted by Gasteiger charge is -2.09. The van der Waals surface area contributed by atoms with Crippen LogP contribution in [0.5, 0.6) is 5.88 Å². The first kappa shape index (κ1) is 14.6. The van der Waals surface area contributed by atoms with Crippen LogP contribution in [-0.4, -0.2) is 25.3 Å². The lowest BCUT2D eigenvalue weighted by molar-refractivity contribution is 0.230. The topological polar surface area (TPSA) is 65.0 Å². The smallest absolute Gasteiger partial charge is 0.226 e. The van der Waals surface area contributed by atoms with Crippen LogP contribution in [0.3, 0.4) is 0 Å². The second-order valence-electron chi connectivity index (χ2n) is 4.94. The van der Waals surface area contributed by atoms with Crippen LogP contribution in [0.1, 0.15) is 13.8 Å². The Morgan fingerprint density at radius 2 is 1.86 bits per heavy atom. The third-order valence-corrected chi connectivity index (χ3v) is 4.18. The average Bonchev–Trinajstić information content (AvgIpc) is 2.53. The minimum Gasteiger partial charge on any atom is -0.475 e. The second kappa shape index (κ2) is 6.19. The van der Waals surface area contributed by atoms with Gasteiger partial charge in [0.15, 0.2) is 0 Å². The van der Waals surface area contributed by atoms with E-state index < -0.39 is 10.8 Å². The average molecular weight is 313 g/mol. The highest BCUT2D eigenvalue weighted by Gasteiger charge is 2.15. The zero-order valence-corrected chi connectivity index (χ0v) is 13.1. The van der Waals surface area contributed by atoms with E-state index >= 15 is 0 Å². The Morgan fingerprint density at radius 1 is 1.05 bits per heavy atom. The van der Waals surface area contributed by atoms with Gasteiger partial charge in [-0.25, -0.2) is 9.19 Å². The molecule has 2 heterocycles. The van der Waals surface area contributed by atoms with E-state index in [1.165, 1.54) is 0 Å². The van der Waals surface area contributed by atoms with E-state index in [0.29, 0.717) is 16.3 Å². The van der Waals surface area contributed by atoms with Crippen molar-refractivity contribution in [2.45, 2.75) is 30.0 Å². The van der Waals surface area contributed by atoms with Gasteiger partial charge in [-0.3, -0.25) is 4.98 Å². The highest BCUT2D eigenvalue weighted by molar-refractivity contribution is 7.85. The van der Waals surface area contributed by atoms with Gasteiger partial charge in [-0.15, -0.1) is 0 Å². The molecule has 112 valence electrons. The van der Waals surface area contributed by atoms with Crippen LogP contribution in [0.4, 0.5) is 0 Å². The fraction of sp³-hybridized carbons (Fsp3) is 0.188. The van der Waals surface area contributed by atoms with Crippen molar-refractivity contribution in [1.82, 2.24) is 15.0 Å². The number of aromatic nitrogens is 3. The fourth-order valence-electron chi connectivity index (χ4n) is 2.05.